The van der Waals surface area contributed by atoms with Crippen LogP contribution in [0, 0.1) is 5.82 Å². The van der Waals surface area contributed by atoms with E-state index >= 15 is 0 Å². The molecule has 0 aromatic heterocycles. The minimum atomic E-state index is -1.24. The molecule has 0 saturated heterocycles. The van der Waals surface area contributed by atoms with Crippen molar-refractivity contribution in [3.63, 3.8) is 0 Å². The number of anilines is 1. The average Bonchev–Trinajstić information content (AvgIpc) is 3.14. The Morgan fingerprint density at radius 1 is 1.36 bits per heavy atom. The normalized spacial score (nSPS) is 18.5. The third-order valence-corrected chi connectivity index (χ3v) is 6.90. The van der Waals surface area contributed by atoms with Crippen molar-refractivity contribution in [3.8, 4) is 0 Å². The molecular weight excluding hydrogens is 403 g/mol. The Kier molecular flexibility index (Phi) is 6.25. The summed E-state index contributed by atoms with van der Waals surface area (Å²) in [4.78, 5) is 28.0. The molecule has 3 rings (SSSR count). The van der Waals surface area contributed by atoms with Gasteiger partial charge in [0, 0.05) is 10.3 Å². The van der Waals surface area contributed by atoms with E-state index in [9.17, 15) is 14.0 Å². The summed E-state index contributed by atoms with van der Waals surface area (Å²) in [5.74, 6) is -0.749. The van der Waals surface area contributed by atoms with Crippen molar-refractivity contribution >= 4 is 40.9 Å². The van der Waals surface area contributed by atoms with Crippen LogP contribution in [0.3, 0.4) is 0 Å². The molecule has 2 aliphatic rings. The van der Waals surface area contributed by atoms with Crippen molar-refractivity contribution in [2.45, 2.75) is 57.2 Å². The third kappa shape index (κ3) is 4.30. The molecule has 1 aliphatic carbocycles. The zero-order valence-corrected chi connectivity index (χ0v) is 17.8. The summed E-state index contributed by atoms with van der Waals surface area (Å²) in [6.45, 7) is 4.98. The number of hydrogen-bond acceptors (Lipinski definition) is 4. The first kappa shape index (κ1) is 21.0. The van der Waals surface area contributed by atoms with Crippen LogP contribution in [0.25, 0.3) is 0 Å². The van der Waals surface area contributed by atoms with Crippen LogP contribution in [0.2, 0.25) is 5.02 Å². The summed E-state index contributed by atoms with van der Waals surface area (Å²) >= 11 is 7.43. The Labute approximate surface area is 173 Å². The summed E-state index contributed by atoms with van der Waals surface area (Å²) in [6.07, 6.45) is 4.49. The highest BCUT2D eigenvalue weighted by atomic mass is 35.5. The molecule has 28 heavy (non-hydrogen) atoms. The van der Waals surface area contributed by atoms with Crippen molar-refractivity contribution in [3.05, 3.63) is 39.7 Å². The lowest BCUT2D eigenvalue weighted by molar-refractivity contribution is -0.148. The first-order valence-corrected chi connectivity index (χ1v) is 10.5. The number of nitrogens with one attached hydrogen (secondary N) is 1. The summed E-state index contributed by atoms with van der Waals surface area (Å²) in [6, 6.07) is 3.92. The van der Waals surface area contributed by atoms with E-state index < -0.39 is 17.3 Å². The van der Waals surface area contributed by atoms with E-state index in [1.54, 1.807) is 20.8 Å². The van der Waals surface area contributed by atoms with E-state index in [1.165, 1.54) is 47.7 Å². The minimum Gasteiger partial charge on any atom is -0.476 e. The van der Waals surface area contributed by atoms with Gasteiger partial charge in [0.2, 0.25) is 5.91 Å². The van der Waals surface area contributed by atoms with E-state index in [4.69, 9.17) is 16.3 Å². The van der Waals surface area contributed by atoms with Crippen molar-refractivity contribution in [2.75, 3.05) is 12.0 Å². The molecule has 0 spiro atoms. The molecule has 0 unspecified atom stereocenters. The summed E-state index contributed by atoms with van der Waals surface area (Å²) in [5, 5.41) is 3.24. The standard InChI is InChI=1S/C20H24ClFN2O3S/c1-12-17(28-14-6-4-5-7-14)18(25)24(11-27-12)20(2,3)19(26)23-16-10-13(21)8-9-15(16)22/h8-10,14H,4-7,11H2,1-3H3,(H,23,26). The number of ether oxygens (including phenoxy) is 1. The van der Waals surface area contributed by atoms with Crippen LogP contribution in [0.15, 0.2) is 28.9 Å². The molecule has 1 saturated carbocycles. The van der Waals surface area contributed by atoms with Gasteiger partial charge in [0.1, 0.15) is 22.0 Å². The number of carbonyl (C=O) groups is 2. The second-order valence-electron chi connectivity index (χ2n) is 7.55. The van der Waals surface area contributed by atoms with Crippen molar-refractivity contribution < 1.29 is 18.7 Å². The van der Waals surface area contributed by atoms with E-state index in [0.717, 1.165) is 12.8 Å². The zero-order valence-electron chi connectivity index (χ0n) is 16.2. The van der Waals surface area contributed by atoms with Crippen LogP contribution in [0.1, 0.15) is 46.5 Å². The predicted molar refractivity (Wildman–Crippen MR) is 109 cm³/mol. The fourth-order valence-corrected chi connectivity index (χ4v) is 4.78. The highest BCUT2D eigenvalue weighted by Gasteiger charge is 2.43. The van der Waals surface area contributed by atoms with Gasteiger partial charge in [-0.25, -0.2) is 4.39 Å². The van der Waals surface area contributed by atoms with Gasteiger partial charge in [-0.05, 0) is 51.8 Å². The Morgan fingerprint density at radius 3 is 2.71 bits per heavy atom. The first-order chi connectivity index (χ1) is 13.2. The van der Waals surface area contributed by atoms with Gasteiger partial charge in [0.25, 0.3) is 5.91 Å². The van der Waals surface area contributed by atoms with Crippen molar-refractivity contribution in [1.29, 1.82) is 0 Å². The van der Waals surface area contributed by atoms with Gasteiger partial charge >= 0.3 is 0 Å². The monoisotopic (exact) mass is 426 g/mol. The van der Waals surface area contributed by atoms with E-state index in [0.29, 0.717) is 20.9 Å². The number of benzene rings is 1. The Morgan fingerprint density at radius 2 is 2.04 bits per heavy atom. The van der Waals surface area contributed by atoms with Crippen LogP contribution in [0.4, 0.5) is 10.1 Å². The van der Waals surface area contributed by atoms with Gasteiger partial charge in [-0.2, -0.15) is 0 Å². The maximum Gasteiger partial charge on any atom is 0.267 e. The first-order valence-electron chi connectivity index (χ1n) is 9.29. The van der Waals surface area contributed by atoms with Crippen LogP contribution in [0.5, 0.6) is 0 Å². The lowest BCUT2D eigenvalue weighted by Gasteiger charge is -2.40. The van der Waals surface area contributed by atoms with E-state index in [2.05, 4.69) is 5.32 Å². The zero-order chi connectivity index (χ0) is 20.5. The summed E-state index contributed by atoms with van der Waals surface area (Å²) < 4.78 is 19.7. The van der Waals surface area contributed by atoms with E-state index in [-0.39, 0.29) is 18.3 Å². The van der Waals surface area contributed by atoms with Gasteiger partial charge in [0.15, 0.2) is 6.73 Å². The third-order valence-electron chi connectivity index (χ3n) is 5.16. The minimum absolute atomic E-state index is 0.0248. The molecular formula is C20H24ClFN2O3S. The second-order valence-corrected chi connectivity index (χ2v) is 9.30. The maximum atomic E-state index is 14.0. The average molecular weight is 427 g/mol. The molecule has 8 heteroatoms. The number of nitrogens with zero attached hydrogens (tertiary/aromatic N) is 1. The molecule has 1 fully saturated rings. The van der Waals surface area contributed by atoms with Gasteiger partial charge in [-0.3, -0.25) is 14.5 Å². The number of carbonyl (C=O) groups excluding carboxylic acids is 2. The number of halogens is 2. The van der Waals surface area contributed by atoms with Crippen LogP contribution in [-0.2, 0) is 14.3 Å². The molecule has 2 amide bonds. The topological polar surface area (TPSA) is 58.6 Å². The molecule has 0 radical (unpaired) electrons. The summed E-state index contributed by atoms with van der Waals surface area (Å²) in [7, 11) is 0. The largest absolute Gasteiger partial charge is 0.476 e. The SMILES string of the molecule is CC1=C(SC2CCCC2)C(=O)N(C(C)(C)C(=O)Nc2cc(Cl)ccc2F)CO1. The Balaban J connectivity index is 1.77. The van der Waals surface area contributed by atoms with Gasteiger partial charge in [0.05, 0.1) is 5.69 Å². The van der Waals surface area contributed by atoms with Gasteiger partial charge in [-0.15, -0.1) is 11.8 Å². The number of amides is 2. The highest BCUT2D eigenvalue weighted by Crippen LogP contribution is 2.39. The number of allylic oxidation sites excluding steroid dienone is 1. The molecule has 1 N–H and O–H groups in total. The number of hydrogen-bond donors (Lipinski definition) is 1. The fraction of sp³-hybridized carbons (Fsp3) is 0.500. The summed E-state index contributed by atoms with van der Waals surface area (Å²) in [5.41, 5.74) is -1.27. The lowest BCUT2D eigenvalue weighted by atomic mass is 10.0. The van der Waals surface area contributed by atoms with Crippen LogP contribution >= 0.6 is 23.4 Å². The van der Waals surface area contributed by atoms with E-state index in [1.807, 2.05) is 0 Å². The molecule has 152 valence electrons. The van der Waals surface area contributed by atoms with Crippen molar-refractivity contribution in [1.82, 2.24) is 4.90 Å². The lowest BCUT2D eigenvalue weighted by Crippen LogP contribution is -2.57. The van der Waals surface area contributed by atoms with Gasteiger partial charge < -0.3 is 10.1 Å². The van der Waals surface area contributed by atoms with Crippen molar-refractivity contribution in [2.24, 2.45) is 0 Å². The molecule has 0 bridgehead atoms. The molecule has 0 atom stereocenters. The van der Waals surface area contributed by atoms with Crippen LogP contribution < -0.4 is 5.32 Å². The molecule has 1 aromatic carbocycles. The number of rotatable bonds is 5. The number of thioether (sulfide) groups is 1. The Bertz CT molecular complexity index is 822. The molecule has 1 heterocycles. The molecule has 5 nitrogen and oxygen atoms in total. The Hall–Kier alpha value is -1.73. The predicted octanol–water partition coefficient (Wildman–Crippen LogP) is 4.92. The smallest absolute Gasteiger partial charge is 0.267 e. The van der Waals surface area contributed by atoms with Crippen LogP contribution in [-0.4, -0.2) is 34.2 Å². The molecule has 1 aliphatic heterocycles. The molecule has 1 aromatic rings. The quantitative estimate of drug-likeness (QED) is 0.726. The van der Waals surface area contributed by atoms with Gasteiger partial charge in [-0.1, -0.05) is 24.4 Å². The highest BCUT2D eigenvalue weighted by molar-refractivity contribution is 8.04. The maximum absolute atomic E-state index is 14.0. The fourth-order valence-electron chi connectivity index (χ4n) is 3.27. The second kappa shape index (κ2) is 8.33.